The van der Waals surface area contributed by atoms with Crippen LogP contribution in [0.5, 0.6) is 0 Å². The molecule has 10 heteroatoms. The molecule has 154 valence electrons. The summed E-state index contributed by atoms with van der Waals surface area (Å²) in [7, 11) is 0. The van der Waals surface area contributed by atoms with Crippen molar-refractivity contribution < 1.29 is 32.3 Å². The molecule has 3 N–H and O–H groups in total. The Morgan fingerprint density at radius 1 is 1.17 bits per heavy atom. The van der Waals surface area contributed by atoms with Gasteiger partial charge in [-0.3, -0.25) is 9.59 Å². The summed E-state index contributed by atoms with van der Waals surface area (Å²) < 4.78 is 51.8. The summed E-state index contributed by atoms with van der Waals surface area (Å²) in [6, 6.07) is 9.06. The Bertz CT molecular complexity index is 912. The van der Waals surface area contributed by atoms with Crippen molar-refractivity contribution in [3.63, 3.8) is 0 Å². The highest BCUT2D eigenvalue weighted by molar-refractivity contribution is 6.05. The Hall–Kier alpha value is -3.43. The highest BCUT2D eigenvalue weighted by Crippen LogP contribution is 2.32. The van der Waals surface area contributed by atoms with Crippen molar-refractivity contribution >= 4 is 29.5 Å². The highest BCUT2D eigenvalue weighted by atomic mass is 19.4. The van der Waals surface area contributed by atoms with Crippen molar-refractivity contribution in [3.8, 4) is 0 Å². The molecule has 0 spiro atoms. The van der Waals surface area contributed by atoms with Crippen LogP contribution >= 0.6 is 0 Å². The lowest BCUT2D eigenvalue weighted by Gasteiger charge is -2.19. The first-order chi connectivity index (χ1) is 13.6. The number of rotatable bonds is 3. The number of nitrogens with zero attached hydrogens (tertiary/aromatic N) is 1. The van der Waals surface area contributed by atoms with Crippen molar-refractivity contribution in [1.82, 2.24) is 5.43 Å². The number of alkyl halides is 3. The molecule has 0 radical (unpaired) electrons. The van der Waals surface area contributed by atoms with Crippen LogP contribution in [0.3, 0.4) is 0 Å². The Morgan fingerprint density at radius 2 is 1.79 bits per heavy atom. The Kier molecular flexibility index (Phi) is 6.92. The summed E-state index contributed by atoms with van der Waals surface area (Å²) in [5.74, 6) is -1.16. The minimum Gasteiger partial charge on any atom is -0.483 e. The molecule has 2 aromatic carbocycles. The predicted molar refractivity (Wildman–Crippen MR) is 98.3 cm³/mol. The molecule has 6 nitrogen and oxygen atoms in total. The van der Waals surface area contributed by atoms with Crippen LogP contribution in [0.1, 0.15) is 24.5 Å². The zero-order chi connectivity index (χ0) is 21.6. The minimum absolute atomic E-state index is 0.000661. The SMILES string of the molecule is CC1CC(=O)NN=C1c1ccc(Nc2cc(F)cc(C(F)(F)F)c2)cc1.O=CO. The third kappa shape index (κ3) is 6.03. The van der Waals surface area contributed by atoms with Gasteiger partial charge in [-0.25, -0.2) is 9.82 Å². The average molecular weight is 411 g/mol. The van der Waals surface area contributed by atoms with E-state index in [0.717, 1.165) is 23.4 Å². The highest BCUT2D eigenvalue weighted by Gasteiger charge is 2.31. The number of halogens is 4. The fraction of sp³-hybridized carbons (Fsp3) is 0.211. The Morgan fingerprint density at radius 3 is 2.34 bits per heavy atom. The average Bonchev–Trinajstić information content (AvgIpc) is 2.62. The zero-order valence-electron chi connectivity index (χ0n) is 15.1. The van der Waals surface area contributed by atoms with Gasteiger partial charge in [0.15, 0.2) is 0 Å². The van der Waals surface area contributed by atoms with E-state index in [2.05, 4.69) is 15.8 Å². The number of hydrazone groups is 1. The molecular formula is C19H17F4N3O3. The monoisotopic (exact) mass is 411 g/mol. The van der Waals surface area contributed by atoms with Crippen LogP contribution in [0.2, 0.25) is 0 Å². The van der Waals surface area contributed by atoms with Crippen LogP contribution in [0.4, 0.5) is 28.9 Å². The van der Waals surface area contributed by atoms with Gasteiger partial charge in [0.25, 0.3) is 6.47 Å². The fourth-order valence-corrected chi connectivity index (χ4v) is 2.72. The van der Waals surface area contributed by atoms with Crippen molar-refractivity contribution in [3.05, 3.63) is 59.4 Å². The first-order valence-electron chi connectivity index (χ1n) is 8.33. The molecule has 0 fully saturated rings. The molecular weight excluding hydrogens is 394 g/mol. The summed E-state index contributed by atoms with van der Waals surface area (Å²) in [4.78, 5) is 19.7. The smallest absolute Gasteiger partial charge is 0.416 e. The van der Waals surface area contributed by atoms with E-state index >= 15 is 0 Å². The van der Waals surface area contributed by atoms with Crippen LogP contribution in [-0.4, -0.2) is 23.2 Å². The van der Waals surface area contributed by atoms with Gasteiger partial charge in [0, 0.05) is 23.7 Å². The molecule has 1 unspecified atom stereocenters. The van der Waals surface area contributed by atoms with E-state index in [4.69, 9.17) is 9.90 Å². The Balaban J connectivity index is 0.000000941. The van der Waals surface area contributed by atoms with Crippen molar-refractivity contribution in [2.75, 3.05) is 5.32 Å². The van der Waals surface area contributed by atoms with Crippen LogP contribution in [0.15, 0.2) is 47.6 Å². The molecule has 0 saturated heterocycles. The molecule has 3 rings (SSSR count). The normalized spacial score (nSPS) is 16.1. The summed E-state index contributed by atoms with van der Waals surface area (Å²) in [5, 5.41) is 13.7. The quantitative estimate of drug-likeness (QED) is 0.523. The van der Waals surface area contributed by atoms with Gasteiger partial charge in [0.2, 0.25) is 5.91 Å². The number of carbonyl (C=O) groups excluding carboxylic acids is 1. The molecule has 1 heterocycles. The van der Waals surface area contributed by atoms with Crippen LogP contribution in [0.25, 0.3) is 0 Å². The first kappa shape index (κ1) is 21.9. The van der Waals surface area contributed by atoms with Gasteiger partial charge in [-0.05, 0) is 35.9 Å². The number of hydrogen-bond donors (Lipinski definition) is 3. The van der Waals surface area contributed by atoms with Crippen LogP contribution in [0, 0.1) is 11.7 Å². The largest absolute Gasteiger partial charge is 0.483 e. The van der Waals surface area contributed by atoms with Gasteiger partial charge >= 0.3 is 6.18 Å². The number of amides is 1. The van der Waals surface area contributed by atoms with E-state index < -0.39 is 17.6 Å². The summed E-state index contributed by atoms with van der Waals surface area (Å²) in [6.45, 7) is 1.63. The second kappa shape index (κ2) is 9.18. The maximum absolute atomic E-state index is 13.5. The molecule has 1 amide bonds. The third-order valence-corrected chi connectivity index (χ3v) is 3.95. The van der Waals surface area contributed by atoms with E-state index in [1.54, 1.807) is 24.3 Å². The topological polar surface area (TPSA) is 90.8 Å². The third-order valence-electron chi connectivity index (χ3n) is 3.95. The van der Waals surface area contributed by atoms with Gasteiger partial charge in [-0.1, -0.05) is 19.1 Å². The molecule has 1 aliphatic heterocycles. The van der Waals surface area contributed by atoms with Gasteiger partial charge < -0.3 is 10.4 Å². The number of nitrogens with one attached hydrogen (secondary N) is 2. The number of anilines is 2. The van der Waals surface area contributed by atoms with E-state index in [1.807, 2.05) is 6.92 Å². The van der Waals surface area contributed by atoms with Gasteiger partial charge in [-0.2, -0.15) is 18.3 Å². The molecule has 0 aromatic heterocycles. The lowest BCUT2D eigenvalue weighted by molar-refractivity contribution is -0.137. The predicted octanol–water partition coefficient (Wildman–Crippen LogP) is 4.15. The second-order valence-corrected chi connectivity index (χ2v) is 6.17. The number of hydrogen-bond acceptors (Lipinski definition) is 4. The molecule has 0 bridgehead atoms. The maximum atomic E-state index is 13.5. The molecule has 2 aromatic rings. The van der Waals surface area contributed by atoms with E-state index in [-0.39, 0.29) is 24.0 Å². The zero-order valence-corrected chi connectivity index (χ0v) is 15.1. The fourth-order valence-electron chi connectivity index (χ4n) is 2.72. The van der Waals surface area contributed by atoms with Gasteiger partial charge in [0.05, 0.1) is 11.3 Å². The summed E-state index contributed by atoms with van der Waals surface area (Å²) in [6.07, 6.45) is -4.29. The lowest BCUT2D eigenvalue weighted by Crippen LogP contribution is -2.31. The number of carbonyl (C=O) groups is 2. The van der Waals surface area contributed by atoms with Gasteiger partial charge in [-0.15, -0.1) is 0 Å². The standard InChI is InChI=1S/C18H15F4N3O.CH2O2/c1-10-6-16(26)24-25-17(10)11-2-4-14(5-3-11)23-15-8-12(18(20,21)22)7-13(19)9-15;2-1-3/h2-5,7-10,23H,6H2,1H3,(H,24,26);1H,(H,2,3). The molecule has 0 saturated carbocycles. The molecule has 1 atom stereocenters. The van der Waals surface area contributed by atoms with Gasteiger partial charge in [0.1, 0.15) is 5.82 Å². The first-order valence-corrected chi connectivity index (χ1v) is 8.33. The van der Waals surface area contributed by atoms with Crippen LogP contribution in [-0.2, 0) is 15.8 Å². The lowest BCUT2D eigenvalue weighted by atomic mass is 9.94. The Labute approximate surface area is 163 Å². The molecule has 0 aliphatic carbocycles. The number of carboxylic acid groups (broad SMARTS) is 1. The summed E-state index contributed by atoms with van der Waals surface area (Å²) in [5.41, 5.74) is 3.38. The second-order valence-electron chi connectivity index (χ2n) is 6.17. The van der Waals surface area contributed by atoms with Crippen molar-refractivity contribution in [2.45, 2.75) is 19.5 Å². The minimum atomic E-state index is -4.62. The molecule has 1 aliphatic rings. The van der Waals surface area contributed by atoms with E-state index in [9.17, 15) is 22.4 Å². The molecule has 29 heavy (non-hydrogen) atoms. The number of benzene rings is 2. The van der Waals surface area contributed by atoms with E-state index in [1.165, 1.54) is 0 Å². The van der Waals surface area contributed by atoms with Crippen LogP contribution < -0.4 is 10.7 Å². The summed E-state index contributed by atoms with van der Waals surface area (Å²) >= 11 is 0. The van der Waals surface area contributed by atoms with E-state index in [0.29, 0.717) is 18.2 Å². The van der Waals surface area contributed by atoms with Crippen molar-refractivity contribution in [1.29, 1.82) is 0 Å². The van der Waals surface area contributed by atoms with Crippen molar-refractivity contribution in [2.24, 2.45) is 11.0 Å². The maximum Gasteiger partial charge on any atom is 0.416 e.